The van der Waals surface area contributed by atoms with Crippen LogP contribution in [0.3, 0.4) is 0 Å². The first-order valence-electron chi connectivity index (χ1n) is 5.00. The molecule has 1 rings (SSSR count). The summed E-state index contributed by atoms with van der Waals surface area (Å²) >= 11 is 0. The summed E-state index contributed by atoms with van der Waals surface area (Å²) in [5.74, 6) is 0. The van der Waals surface area contributed by atoms with Gasteiger partial charge in [-0.25, -0.2) is 0 Å². The first kappa shape index (κ1) is 11.0. The maximum absolute atomic E-state index is 5.90. The van der Waals surface area contributed by atoms with Crippen LogP contribution in [0, 0.1) is 0 Å². The molecule has 13 heavy (non-hydrogen) atoms. The van der Waals surface area contributed by atoms with E-state index in [-0.39, 0.29) is 0 Å². The van der Waals surface area contributed by atoms with E-state index in [0.29, 0.717) is 6.10 Å². The Bertz CT molecular complexity index is 162. The minimum Gasteiger partial charge on any atom is -0.414 e. The summed E-state index contributed by atoms with van der Waals surface area (Å²) in [5, 5.41) is 0. The molecule has 0 aromatic heterocycles. The van der Waals surface area contributed by atoms with E-state index in [9.17, 15) is 0 Å². The lowest BCUT2D eigenvalue weighted by molar-refractivity contribution is 0.0651. The predicted octanol–water partition coefficient (Wildman–Crippen LogP) is 2.57. The van der Waals surface area contributed by atoms with Crippen LogP contribution >= 0.6 is 0 Å². The molecule has 0 saturated carbocycles. The molecule has 0 N–H and O–H groups in total. The van der Waals surface area contributed by atoms with Crippen LogP contribution in [0.4, 0.5) is 0 Å². The highest BCUT2D eigenvalue weighted by Crippen LogP contribution is 2.17. The largest absolute Gasteiger partial charge is 0.414 e. The van der Waals surface area contributed by atoms with E-state index in [1.165, 1.54) is 12.8 Å². The van der Waals surface area contributed by atoms with E-state index in [1.807, 2.05) is 6.08 Å². The third kappa shape index (κ3) is 4.07. The topological polar surface area (TPSA) is 18.5 Å². The Labute approximate surface area is 82.1 Å². The molecule has 0 spiro atoms. The molecule has 1 aliphatic rings. The van der Waals surface area contributed by atoms with Crippen molar-refractivity contribution in [2.24, 2.45) is 0 Å². The summed E-state index contributed by atoms with van der Waals surface area (Å²) in [6, 6.07) is 1.03. The maximum Gasteiger partial charge on any atom is 0.190 e. The molecule has 0 aliphatic carbocycles. The highest BCUT2D eigenvalue weighted by molar-refractivity contribution is 6.71. The molecular weight excluding hydrogens is 180 g/mol. The van der Waals surface area contributed by atoms with E-state index in [0.717, 1.165) is 19.3 Å². The minimum absolute atomic E-state index is 0.358. The maximum atomic E-state index is 5.90. The summed E-state index contributed by atoms with van der Waals surface area (Å²) in [4.78, 5) is 0. The van der Waals surface area contributed by atoms with Crippen molar-refractivity contribution in [1.29, 1.82) is 0 Å². The van der Waals surface area contributed by atoms with Crippen molar-refractivity contribution in [3.05, 3.63) is 12.7 Å². The summed E-state index contributed by atoms with van der Waals surface area (Å²) in [7, 11) is -1.47. The van der Waals surface area contributed by atoms with E-state index in [4.69, 9.17) is 9.16 Å². The minimum atomic E-state index is -1.47. The van der Waals surface area contributed by atoms with Gasteiger partial charge in [-0.3, -0.25) is 0 Å². The zero-order valence-electron chi connectivity index (χ0n) is 8.71. The predicted molar refractivity (Wildman–Crippen MR) is 57.4 cm³/mol. The second-order valence-electron chi connectivity index (χ2n) is 4.20. The van der Waals surface area contributed by atoms with Gasteiger partial charge in [-0.1, -0.05) is 6.08 Å². The van der Waals surface area contributed by atoms with Gasteiger partial charge in [-0.2, -0.15) is 0 Å². The van der Waals surface area contributed by atoms with E-state index in [2.05, 4.69) is 19.7 Å². The van der Waals surface area contributed by atoms with Crippen molar-refractivity contribution < 1.29 is 9.16 Å². The number of allylic oxidation sites excluding steroid dienone is 1. The lowest BCUT2D eigenvalue weighted by Crippen LogP contribution is -2.33. The van der Waals surface area contributed by atoms with Gasteiger partial charge < -0.3 is 9.16 Å². The normalized spacial score (nSPS) is 23.4. The molecule has 1 saturated heterocycles. The molecular formula is C10H20O2Si. The van der Waals surface area contributed by atoms with E-state index < -0.39 is 8.32 Å². The van der Waals surface area contributed by atoms with Crippen LogP contribution in [0.1, 0.15) is 12.8 Å². The van der Waals surface area contributed by atoms with E-state index >= 15 is 0 Å². The molecule has 0 radical (unpaired) electrons. The molecule has 1 atom stereocenters. The lowest BCUT2D eigenvalue weighted by atomic mass is 10.2. The lowest BCUT2D eigenvalue weighted by Gasteiger charge is -2.23. The summed E-state index contributed by atoms with van der Waals surface area (Å²) in [6.07, 6.45) is 4.68. The molecule has 2 nitrogen and oxygen atoms in total. The molecule has 0 aromatic carbocycles. The Hall–Kier alpha value is -0.123. The van der Waals surface area contributed by atoms with Gasteiger partial charge in [0.25, 0.3) is 0 Å². The number of hydrogen-bond donors (Lipinski definition) is 0. The van der Waals surface area contributed by atoms with Gasteiger partial charge in [-0.05, 0) is 32.0 Å². The number of rotatable bonds is 5. The summed E-state index contributed by atoms with van der Waals surface area (Å²) in [5.41, 5.74) is 0. The average molecular weight is 200 g/mol. The fraction of sp³-hybridized carbons (Fsp3) is 0.800. The highest BCUT2D eigenvalue weighted by atomic mass is 28.4. The Morgan fingerprint density at radius 3 is 2.92 bits per heavy atom. The van der Waals surface area contributed by atoms with Crippen molar-refractivity contribution in [1.82, 2.24) is 0 Å². The number of ether oxygens (including phenoxy) is 1. The summed E-state index contributed by atoms with van der Waals surface area (Å²) in [6.45, 7) is 9.90. The van der Waals surface area contributed by atoms with E-state index in [1.54, 1.807) is 0 Å². The third-order valence-electron chi connectivity index (χ3n) is 2.32. The first-order chi connectivity index (χ1) is 6.14. The monoisotopic (exact) mass is 200 g/mol. The van der Waals surface area contributed by atoms with Crippen LogP contribution in [-0.2, 0) is 9.16 Å². The molecule has 0 amide bonds. The van der Waals surface area contributed by atoms with Gasteiger partial charge >= 0.3 is 0 Å². The quantitative estimate of drug-likeness (QED) is 0.501. The van der Waals surface area contributed by atoms with Crippen LogP contribution in [-0.4, -0.2) is 27.6 Å². The van der Waals surface area contributed by atoms with Gasteiger partial charge in [0.15, 0.2) is 8.32 Å². The molecule has 0 bridgehead atoms. The smallest absolute Gasteiger partial charge is 0.190 e. The standard InChI is InChI=1S/C10H20O2Si/c1-4-8-13(2,3)12-9-10-6-5-7-11-10/h4,10H,1,5-9H2,2-3H3. The second-order valence-corrected chi connectivity index (χ2v) is 8.41. The first-order valence-corrected chi connectivity index (χ1v) is 8.12. The van der Waals surface area contributed by atoms with Gasteiger partial charge in [-0.15, -0.1) is 6.58 Å². The third-order valence-corrected chi connectivity index (χ3v) is 4.54. The molecule has 1 fully saturated rings. The van der Waals surface area contributed by atoms with Crippen LogP contribution in [0.15, 0.2) is 12.7 Å². The molecule has 3 heteroatoms. The van der Waals surface area contributed by atoms with Gasteiger partial charge in [0, 0.05) is 6.61 Å². The average Bonchev–Trinajstić information content (AvgIpc) is 2.52. The van der Waals surface area contributed by atoms with Gasteiger partial charge in [0.2, 0.25) is 0 Å². The fourth-order valence-electron chi connectivity index (χ4n) is 1.50. The van der Waals surface area contributed by atoms with Crippen molar-refractivity contribution in [2.45, 2.75) is 38.1 Å². The van der Waals surface area contributed by atoms with Gasteiger partial charge in [0.1, 0.15) is 0 Å². The Kier molecular flexibility index (Phi) is 4.16. The molecule has 1 aliphatic heterocycles. The highest BCUT2D eigenvalue weighted by Gasteiger charge is 2.24. The zero-order valence-corrected chi connectivity index (χ0v) is 9.71. The van der Waals surface area contributed by atoms with Crippen molar-refractivity contribution in [3.63, 3.8) is 0 Å². The summed E-state index contributed by atoms with van der Waals surface area (Å²) < 4.78 is 11.4. The van der Waals surface area contributed by atoms with Crippen molar-refractivity contribution >= 4 is 8.32 Å². The van der Waals surface area contributed by atoms with Crippen molar-refractivity contribution in [2.75, 3.05) is 13.2 Å². The molecule has 76 valence electrons. The van der Waals surface area contributed by atoms with Gasteiger partial charge in [0.05, 0.1) is 12.7 Å². The fourth-order valence-corrected chi connectivity index (χ4v) is 2.95. The van der Waals surface area contributed by atoms with Crippen LogP contribution < -0.4 is 0 Å². The Morgan fingerprint density at radius 1 is 1.62 bits per heavy atom. The number of hydrogen-bond acceptors (Lipinski definition) is 2. The SMILES string of the molecule is C=CC[Si](C)(C)OCC1CCCO1. The second kappa shape index (κ2) is 4.93. The van der Waals surface area contributed by atoms with Crippen LogP contribution in [0.25, 0.3) is 0 Å². The molecule has 1 unspecified atom stereocenters. The van der Waals surface area contributed by atoms with Crippen LogP contribution in [0.5, 0.6) is 0 Å². The Balaban J connectivity index is 2.19. The van der Waals surface area contributed by atoms with Crippen molar-refractivity contribution in [3.8, 4) is 0 Å². The Morgan fingerprint density at radius 2 is 2.38 bits per heavy atom. The molecule has 1 heterocycles. The zero-order chi connectivity index (χ0) is 9.73. The van der Waals surface area contributed by atoms with Crippen LogP contribution in [0.2, 0.25) is 19.1 Å². The molecule has 0 aromatic rings.